The van der Waals surface area contributed by atoms with Gasteiger partial charge in [0.25, 0.3) is 0 Å². The van der Waals surface area contributed by atoms with Crippen LogP contribution in [0.1, 0.15) is 5.56 Å². The number of benzene rings is 1. The van der Waals surface area contributed by atoms with Crippen LogP contribution in [0.4, 0.5) is 0 Å². The van der Waals surface area contributed by atoms with Crippen LogP contribution in [0.5, 0.6) is 0 Å². The lowest BCUT2D eigenvalue weighted by Crippen LogP contribution is -2.36. The summed E-state index contributed by atoms with van der Waals surface area (Å²) >= 11 is 0. The smallest absolute Gasteiger partial charge is 0.333 e. The molecule has 0 radical (unpaired) electrons. The third-order valence-electron chi connectivity index (χ3n) is 2.28. The van der Waals surface area contributed by atoms with Crippen molar-refractivity contribution >= 4 is 11.9 Å². The first-order valence-electron chi connectivity index (χ1n) is 5.48. The molecule has 0 fully saturated rings. The van der Waals surface area contributed by atoms with Crippen molar-refractivity contribution < 1.29 is 19.4 Å². The lowest BCUT2D eigenvalue weighted by Gasteiger charge is -2.14. The lowest BCUT2D eigenvalue weighted by atomic mass is 10.1. The number of carbonyl (C=O) groups excluding carboxylic acids is 1. The van der Waals surface area contributed by atoms with E-state index in [0.29, 0.717) is 0 Å². The molecule has 0 aliphatic rings. The topological polar surface area (TPSA) is 102 Å². The Balaban J connectivity index is 2.46. The predicted molar refractivity (Wildman–Crippen MR) is 64.7 cm³/mol. The molecule has 0 saturated heterocycles. The number of carboxylic acids is 1. The molecule has 0 aromatic heterocycles. The second-order valence-corrected chi connectivity index (χ2v) is 3.63. The van der Waals surface area contributed by atoms with E-state index in [1.165, 1.54) is 0 Å². The number of aliphatic carboxylic acids is 1. The van der Waals surface area contributed by atoms with Gasteiger partial charge in [-0.2, -0.15) is 0 Å². The zero-order valence-corrected chi connectivity index (χ0v) is 9.83. The number of carboxylic acid groups (broad SMARTS) is 1. The van der Waals surface area contributed by atoms with Gasteiger partial charge in [-0.05, 0) is 5.56 Å². The molecule has 1 amide bonds. The molecule has 1 aromatic rings. The average Bonchev–Trinajstić information content (AvgIpc) is 2.38. The Morgan fingerprint density at radius 1 is 1.33 bits per heavy atom. The summed E-state index contributed by atoms with van der Waals surface area (Å²) in [6.45, 7) is -0.320. The Kier molecular flexibility index (Phi) is 5.83. The maximum absolute atomic E-state index is 11.0. The average molecular weight is 252 g/mol. The van der Waals surface area contributed by atoms with Crippen molar-refractivity contribution in [2.45, 2.75) is 12.5 Å². The first-order valence-corrected chi connectivity index (χ1v) is 5.48. The van der Waals surface area contributed by atoms with Gasteiger partial charge in [-0.15, -0.1) is 0 Å². The lowest BCUT2D eigenvalue weighted by molar-refractivity contribution is -0.151. The summed E-state index contributed by atoms with van der Waals surface area (Å²) in [5, 5.41) is 11.3. The maximum atomic E-state index is 11.0. The van der Waals surface area contributed by atoms with E-state index in [9.17, 15) is 9.59 Å². The number of ether oxygens (including phenoxy) is 1. The third kappa shape index (κ3) is 4.94. The Hall–Kier alpha value is -1.92. The van der Waals surface area contributed by atoms with E-state index in [4.69, 9.17) is 15.6 Å². The summed E-state index contributed by atoms with van der Waals surface area (Å²) in [5.41, 5.74) is 5.94. The van der Waals surface area contributed by atoms with Gasteiger partial charge < -0.3 is 20.9 Å². The van der Waals surface area contributed by atoms with E-state index in [2.05, 4.69) is 5.32 Å². The van der Waals surface area contributed by atoms with Crippen LogP contribution in [-0.2, 0) is 20.7 Å². The van der Waals surface area contributed by atoms with Gasteiger partial charge in [0.1, 0.15) is 6.73 Å². The number of hydrogen-bond donors (Lipinski definition) is 3. The summed E-state index contributed by atoms with van der Waals surface area (Å²) in [4.78, 5) is 21.8. The molecule has 0 spiro atoms. The number of carbonyl (C=O) groups is 2. The molecule has 0 aliphatic carbocycles. The quantitative estimate of drug-likeness (QED) is 0.580. The van der Waals surface area contributed by atoms with Crippen molar-refractivity contribution in [3.63, 3.8) is 0 Å². The predicted octanol–water partition coefficient (Wildman–Crippen LogP) is -0.269. The molecule has 1 unspecified atom stereocenters. The Bertz CT molecular complexity index is 394. The highest BCUT2D eigenvalue weighted by Gasteiger charge is 2.18. The number of amides is 1. The minimum atomic E-state index is -1.07. The second kappa shape index (κ2) is 7.41. The molecule has 18 heavy (non-hydrogen) atoms. The summed E-state index contributed by atoms with van der Waals surface area (Å²) in [5.74, 6) is -1.46. The van der Waals surface area contributed by atoms with Crippen molar-refractivity contribution in [1.29, 1.82) is 0 Å². The molecule has 0 bridgehead atoms. The molecule has 98 valence electrons. The first kappa shape index (κ1) is 14.1. The van der Waals surface area contributed by atoms with E-state index < -0.39 is 12.1 Å². The first-order chi connectivity index (χ1) is 8.63. The highest BCUT2D eigenvalue weighted by molar-refractivity contribution is 5.77. The van der Waals surface area contributed by atoms with E-state index in [0.717, 1.165) is 5.56 Å². The molecule has 6 nitrogen and oxygen atoms in total. The minimum Gasteiger partial charge on any atom is -0.479 e. The van der Waals surface area contributed by atoms with Crippen molar-refractivity contribution in [3.8, 4) is 0 Å². The molecule has 1 aromatic carbocycles. The molecule has 1 atom stereocenters. The third-order valence-corrected chi connectivity index (χ3v) is 2.28. The van der Waals surface area contributed by atoms with Crippen molar-refractivity contribution in [2.75, 3.05) is 13.3 Å². The summed E-state index contributed by atoms with van der Waals surface area (Å²) in [7, 11) is 0. The monoisotopic (exact) mass is 252 g/mol. The second-order valence-electron chi connectivity index (χ2n) is 3.63. The van der Waals surface area contributed by atoms with Crippen LogP contribution in [0.25, 0.3) is 0 Å². The number of hydrogen-bond acceptors (Lipinski definition) is 4. The molecule has 0 aliphatic heterocycles. The normalized spacial score (nSPS) is 11.8. The van der Waals surface area contributed by atoms with Crippen LogP contribution in [-0.4, -0.2) is 36.4 Å². The summed E-state index contributed by atoms with van der Waals surface area (Å²) < 4.78 is 5.09. The van der Waals surface area contributed by atoms with Crippen LogP contribution < -0.4 is 11.1 Å². The molecule has 1 rings (SSSR count). The van der Waals surface area contributed by atoms with Gasteiger partial charge in [-0.3, -0.25) is 4.79 Å². The fourth-order valence-electron chi connectivity index (χ4n) is 1.34. The van der Waals surface area contributed by atoms with Crippen molar-refractivity contribution in [2.24, 2.45) is 5.73 Å². The molecule has 6 heteroatoms. The standard InChI is InChI=1S/C12H16N2O4/c13-7-11(15)14-8-18-10(12(16)17)6-9-4-2-1-3-5-9/h1-5,10H,6-8,13H2,(H,14,15)(H,16,17). The fourth-order valence-corrected chi connectivity index (χ4v) is 1.34. The number of nitrogens with two attached hydrogens (primary N) is 1. The van der Waals surface area contributed by atoms with Gasteiger partial charge in [0.2, 0.25) is 5.91 Å². The van der Waals surface area contributed by atoms with Crippen LogP contribution in [0.15, 0.2) is 30.3 Å². The molecule has 4 N–H and O–H groups in total. The zero-order valence-electron chi connectivity index (χ0n) is 9.83. The van der Waals surface area contributed by atoms with Gasteiger partial charge in [0.05, 0.1) is 6.54 Å². The van der Waals surface area contributed by atoms with Crippen LogP contribution in [0, 0.1) is 0 Å². The van der Waals surface area contributed by atoms with Gasteiger partial charge >= 0.3 is 5.97 Å². The Morgan fingerprint density at radius 3 is 2.56 bits per heavy atom. The zero-order chi connectivity index (χ0) is 13.4. The molecule has 0 saturated carbocycles. The highest BCUT2D eigenvalue weighted by atomic mass is 16.5. The number of nitrogens with one attached hydrogen (secondary N) is 1. The summed E-state index contributed by atoms with van der Waals surface area (Å²) in [6.07, 6.45) is -0.750. The van der Waals surface area contributed by atoms with E-state index in [-0.39, 0.29) is 25.6 Å². The maximum Gasteiger partial charge on any atom is 0.333 e. The molecular formula is C12H16N2O4. The molecular weight excluding hydrogens is 236 g/mol. The van der Waals surface area contributed by atoms with Gasteiger partial charge in [0, 0.05) is 6.42 Å². The minimum absolute atomic E-state index is 0.153. The van der Waals surface area contributed by atoms with Crippen molar-refractivity contribution in [1.82, 2.24) is 5.32 Å². The van der Waals surface area contributed by atoms with Gasteiger partial charge in [-0.25, -0.2) is 4.79 Å². The summed E-state index contributed by atoms with van der Waals surface area (Å²) in [6, 6.07) is 9.13. The highest BCUT2D eigenvalue weighted by Crippen LogP contribution is 2.06. The van der Waals surface area contributed by atoms with Crippen molar-refractivity contribution in [3.05, 3.63) is 35.9 Å². The largest absolute Gasteiger partial charge is 0.479 e. The van der Waals surface area contributed by atoms with Gasteiger partial charge in [-0.1, -0.05) is 30.3 Å². The SMILES string of the molecule is NCC(=O)NCOC(Cc1ccccc1)C(=O)O. The van der Waals surface area contributed by atoms with Gasteiger partial charge in [0.15, 0.2) is 6.10 Å². The van der Waals surface area contributed by atoms with Crippen LogP contribution >= 0.6 is 0 Å². The van der Waals surface area contributed by atoms with Crippen LogP contribution in [0.2, 0.25) is 0 Å². The fraction of sp³-hybridized carbons (Fsp3) is 0.333. The van der Waals surface area contributed by atoms with E-state index in [1.807, 2.05) is 30.3 Å². The number of rotatable bonds is 7. The van der Waals surface area contributed by atoms with E-state index >= 15 is 0 Å². The Labute approximate surface area is 105 Å². The Morgan fingerprint density at radius 2 is 2.00 bits per heavy atom. The molecule has 0 heterocycles. The van der Waals surface area contributed by atoms with E-state index in [1.54, 1.807) is 0 Å². The van der Waals surface area contributed by atoms with Crippen LogP contribution in [0.3, 0.4) is 0 Å².